The van der Waals surface area contributed by atoms with E-state index in [9.17, 15) is 18.4 Å². The molecule has 0 aliphatic rings. The average Bonchev–Trinajstić information content (AvgIpc) is 2.56. The summed E-state index contributed by atoms with van der Waals surface area (Å²) in [6.07, 6.45) is -0.223. The van der Waals surface area contributed by atoms with Gasteiger partial charge in [0.2, 0.25) is 5.95 Å². The summed E-state index contributed by atoms with van der Waals surface area (Å²) in [6.45, 7) is 2.37. The molecule has 0 amide bonds. The van der Waals surface area contributed by atoms with Crippen molar-refractivity contribution in [2.24, 2.45) is 5.73 Å². The molecule has 6 nitrogen and oxygen atoms in total. The van der Waals surface area contributed by atoms with Crippen LogP contribution < -0.4 is 11.1 Å². The van der Waals surface area contributed by atoms with Crippen molar-refractivity contribution in [3.63, 3.8) is 0 Å². The third kappa shape index (κ3) is 3.60. The summed E-state index contributed by atoms with van der Waals surface area (Å²) in [6, 6.07) is 2.81. The molecule has 2 rings (SSSR count). The highest BCUT2D eigenvalue weighted by Crippen LogP contribution is 2.32. The van der Waals surface area contributed by atoms with E-state index in [4.69, 9.17) is 5.73 Å². The van der Waals surface area contributed by atoms with Gasteiger partial charge in [0, 0.05) is 36.3 Å². The molecule has 0 radical (unpaired) electrons. The smallest absolute Gasteiger partial charge is 0.404 e. The van der Waals surface area contributed by atoms with Crippen molar-refractivity contribution < 1.29 is 13.2 Å². The second kappa shape index (κ2) is 6.95. The molecule has 0 aliphatic carbocycles. The Labute approximate surface area is 135 Å². The Morgan fingerprint density at radius 2 is 2.12 bits per heavy atom. The predicted octanol–water partition coefficient (Wildman–Crippen LogP) is 2.54. The molecule has 0 spiro atoms. The molecule has 2 heterocycles. The van der Waals surface area contributed by atoms with E-state index in [0.29, 0.717) is 12.7 Å². The summed E-state index contributed by atoms with van der Waals surface area (Å²) in [4.78, 5) is 11.7. The van der Waals surface area contributed by atoms with E-state index in [1.54, 1.807) is 0 Å². The van der Waals surface area contributed by atoms with Crippen LogP contribution in [0.4, 0.5) is 19.1 Å². The lowest BCUT2D eigenvalue weighted by atomic mass is 10.0. The van der Waals surface area contributed by atoms with Crippen LogP contribution in [0.2, 0.25) is 0 Å². The molecule has 124 valence electrons. The van der Waals surface area contributed by atoms with Crippen molar-refractivity contribution in [3.8, 4) is 6.07 Å². The molecular weight excluding hydrogens is 321 g/mol. The van der Waals surface area contributed by atoms with Crippen molar-refractivity contribution in [2.75, 3.05) is 11.9 Å². The van der Waals surface area contributed by atoms with Crippen LogP contribution in [-0.4, -0.2) is 21.5 Å². The van der Waals surface area contributed by atoms with Gasteiger partial charge in [0.25, 0.3) is 0 Å². The number of alkyl halides is 3. The van der Waals surface area contributed by atoms with E-state index in [0.717, 1.165) is 12.3 Å². The molecule has 2 aromatic heterocycles. The zero-order valence-electron chi connectivity index (χ0n) is 12.6. The Morgan fingerprint density at radius 1 is 1.38 bits per heavy atom. The van der Waals surface area contributed by atoms with Crippen molar-refractivity contribution >= 4 is 11.5 Å². The normalized spacial score (nSPS) is 11.9. The fourth-order valence-electron chi connectivity index (χ4n) is 1.97. The second-order valence-corrected chi connectivity index (χ2v) is 4.64. The Morgan fingerprint density at radius 3 is 2.71 bits per heavy atom. The van der Waals surface area contributed by atoms with Crippen LogP contribution in [0.1, 0.15) is 29.3 Å². The fourth-order valence-corrected chi connectivity index (χ4v) is 1.97. The van der Waals surface area contributed by atoms with Gasteiger partial charge in [-0.05, 0) is 13.0 Å². The Balaban J connectivity index is 2.58. The summed E-state index contributed by atoms with van der Waals surface area (Å²) in [5, 5.41) is 12.1. The number of halogens is 3. The van der Waals surface area contributed by atoms with Crippen molar-refractivity contribution in [1.82, 2.24) is 15.0 Å². The van der Waals surface area contributed by atoms with Gasteiger partial charge in [-0.3, -0.25) is 4.98 Å². The molecule has 0 bridgehead atoms. The first-order valence-corrected chi connectivity index (χ1v) is 6.86. The minimum absolute atomic E-state index is 0.0887. The summed E-state index contributed by atoms with van der Waals surface area (Å²) < 4.78 is 38.6. The van der Waals surface area contributed by atoms with Gasteiger partial charge in [0.1, 0.15) is 6.07 Å². The zero-order valence-corrected chi connectivity index (χ0v) is 12.6. The van der Waals surface area contributed by atoms with Crippen LogP contribution in [0, 0.1) is 11.3 Å². The van der Waals surface area contributed by atoms with E-state index in [1.807, 2.05) is 13.0 Å². The first-order valence-electron chi connectivity index (χ1n) is 6.86. The van der Waals surface area contributed by atoms with Crippen LogP contribution in [-0.2, 0) is 6.18 Å². The van der Waals surface area contributed by atoms with Crippen molar-refractivity contribution in [3.05, 3.63) is 53.2 Å². The van der Waals surface area contributed by atoms with E-state index in [1.165, 1.54) is 12.4 Å². The number of nitrogens with zero attached hydrogens (tertiary/aromatic N) is 4. The van der Waals surface area contributed by atoms with Crippen LogP contribution in [0.15, 0.2) is 30.9 Å². The SMILES string of the molecule is CCNc1ncc(C#N)c(/C(=C/N)c2cncc(C(F)(F)F)c2)n1. The molecule has 9 heteroatoms. The number of hydrogen-bond acceptors (Lipinski definition) is 6. The van der Waals surface area contributed by atoms with Gasteiger partial charge in [-0.2, -0.15) is 18.4 Å². The van der Waals surface area contributed by atoms with E-state index in [2.05, 4.69) is 20.3 Å². The maximum atomic E-state index is 12.9. The van der Waals surface area contributed by atoms with Gasteiger partial charge in [-0.1, -0.05) is 0 Å². The summed E-state index contributed by atoms with van der Waals surface area (Å²) in [7, 11) is 0. The minimum Gasteiger partial charge on any atom is -0.404 e. The third-order valence-corrected chi connectivity index (χ3v) is 3.04. The van der Waals surface area contributed by atoms with E-state index >= 15 is 0 Å². The average molecular weight is 334 g/mol. The highest BCUT2D eigenvalue weighted by molar-refractivity contribution is 5.80. The lowest BCUT2D eigenvalue weighted by Crippen LogP contribution is -2.09. The number of aromatic nitrogens is 3. The summed E-state index contributed by atoms with van der Waals surface area (Å²) in [5.41, 5.74) is 5.15. The quantitative estimate of drug-likeness (QED) is 0.891. The van der Waals surface area contributed by atoms with Gasteiger partial charge >= 0.3 is 6.18 Å². The molecule has 0 unspecified atom stereocenters. The van der Waals surface area contributed by atoms with Gasteiger partial charge < -0.3 is 11.1 Å². The lowest BCUT2D eigenvalue weighted by molar-refractivity contribution is -0.137. The molecule has 0 atom stereocenters. The lowest BCUT2D eigenvalue weighted by Gasteiger charge is -2.12. The van der Waals surface area contributed by atoms with Gasteiger partial charge in [-0.25, -0.2) is 9.97 Å². The van der Waals surface area contributed by atoms with Crippen LogP contribution in [0.25, 0.3) is 5.57 Å². The first kappa shape index (κ1) is 17.2. The zero-order chi connectivity index (χ0) is 17.7. The number of nitriles is 1. The fraction of sp³-hybridized carbons (Fsp3) is 0.200. The van der Waals surface area contributed by atoms with Gasteiger partial charge in [0.05, 0.1) is 23.0 Å². The molecule has 0 aliphatic heterocycles. The van der Waals surface area contributed by atoms with Crippen LogP contribution in [0.5, 0.6) is 0 Å². The Bertz CT molecular complexity index is 808. The second-order valence-electron chi connectivity index (χ2n) is 4.64. The number of hydrogen-bond donors (Lipinski definition) is 2. The van der Waals surface area contributed by atoms with E-state index < -0.39 is 11.7 Å². The minimum atomic E-state index is -4.54. The number of anilines is 1. The third-order valence-electron chi connectivity index (χ3n) is 3.04. The monoisotopic (exact) mass is 334 g/mol. The highest BCUT2D eigenvalue weighted by atomic mass is 19.4. The molecule has 0 saturated carbocycles. The first-order chi connectivity index (χ1) is 11.4. The van der Waals surface area contributed by atoms with Gasteiger partial charge in [-0.15, -0.1) is 0 Å². The maximum Gasteiger partial charge on any atom is 0.417 e. The number of nitrogens with one attached hydrogen (secondary N) is 1. The topological polar surface area (TPSA) is 101 Å². The standard InChI is InChI=1S/C15H13F3N6/c1-2-22-14-23-7-10(4-19)13(24-14)12(5-20)9-3-11(8-21-6-9)15(16,17)18/h3,5-8H,2,20H2,1H3,(H,22,23,24)/b12-5+. The number of rotatable bonds is 4. The Kier molecular flexibility index (Phi) is 4.99. The van der Waals surface area contributed by atoms with Gasteiger partial charge in [0.15, 0.2) is 0 Å². The molecule has 24 heavy (non-hydrogen) atoms. The molecule has 2 aromatic rings. The molecule has 0 saturated heterocycles. The molecule has 0 fully saturated rings. The maximum absolute atomic E-state index is 12.9. The molecule has 3 N–H and O–H groups in total. The van der Waals surface area contributed by atoms with Crippen LogP contribution in [0.3, 0.4) is 0 Å². The number of pyridine rings is 1. The number of nitrogens with two attached hydrogens (primary N) is 1. The van der Waals surface area contributed by atoms with Crippen molar-refractivity contribution in [1.29, 1.82) is 5.26 Å². The predicted molar refractivity (Wildman–Crippen MR) is 81.4 cm³/mol. The Hall–Kier alpha value is -3.15. The molecular formula is C15H13F3N6. The van der Waals surface area contributed by atoms with E-state index in [-0.39, 0.29) is 28.3 Å². The highest BCUT2D eigenvalue weighted by Gasteiger charge is 2.31. The summed E-state index contributed by atoms with van der Waals surface area (Å²) >= 11 is 0. The molecule has 0 aromatic carbocycles. The largest absolute Gasteiger partial charge is 0.417 e. The van der Waals surface area contributed by atoms with Crippen molar-refractivity contribution in [2.45, 2.75) is 13.1 Å². The summed E-state index contributed by atoms with van der Waals surface area (Å²) in [5.74, 6) is 0.241. The van der Waals surface area contributed by atoms with Crippen LogP contribution >= 0.6 is 0 Å².